The molecule has 3 amide bonds. The molecule has 6 heteroatoms. The Morgan fingerprint density at radius 3 is 2.67 bits per heavy atom. The highest BCUT2D eigenvalue weighted by molar-refractivity contribution is 6.06. The molecule has 0 aromatic carbocycles. The Morgan fingerprint density at radius 2 is 2.11 bits per heavy atom. The number of carbonyl (C=O) groups excluding carboxylic acids is 3. The van der Waals surface area contributed by atoms with Crippen LogP contribution in [0.15, 0.2) is 12.2 Å². The van der Waals surface area contributed by atoms with Crippen LogP contribution in [0.2, 0.25) is 0 Å². The Bertz CT molecular complexity index is 442. The van der Waals surface area contributed by atoms with E-state index in [0.29, 0.717) is 6.42 Å². The number of hydrogen-bond acceptors (Lipinski definition) is 4. The summed E-state index contributed by atoms with van der Waals surface area (Å²) in [6.45, 7) is 3.17. The molecule has 2 rings (SSSR count). The van der Waals surface area contributed by atoms with Crippen LogP contribution in [0.3, 0.4) is 0 Å². The summed E-state index contributed by atoms with van der Waals surface area (Å²) in [5, 5.41) is 2.24. The molecule has 1 fully saturated rings. The predicted molar refractivity (Wildman–Crippen MR) is 64.2 cm³/mol. The third-order valence-corrected chi connectivity index (χ3v) is 3.49. The Morgan fingerprint density at radius 1 is 1.44 bits per heavy atom. The minimum absolute atomic E-state index is 0.0862. The van der Waals surface area contributed by atoms with Crippen LogP contribution in [-0.4, -0.2) is 40.7 Å². The maximum atomic E-state index is 12.3. The van der Waals surface area contributed by atoms with Gasteiger partial charge in [0.1, 0.15) is 12.1 Å². The molecule has 3 N–H and O–H groups in total. The van der Waals surface area contributed by atoms with Crippen molar-refractivity contribution in [2.45, 2.75) is 31.8 Å². The highest BCUT2D eigenvalue weighted by atomic mass is 16.2. The number of amides is 3. The number of nitrogens with two attached hydrogens (primary N) is 1. The van der Waals surface area contributed by atoms with E-state index in [9.17, 15) is 14.4 Å². The van der Waals surface area contributed by atoms with Crippen molar-refractivity contribution < 1.29 is 14.4 Å². The second-order valence-corrected chi connectivity index (χ2v) is 5.25. The predicted octanol–water partition coefficient (Wildman–Crippen LogP) is -0.847. The SMILES string of the molecule is CC1(C)C(=O)NC(=O)CN1C(=O)C1C=CC(N)C1. The van der Waals surface area contributed by atoms with Crippen LogP contribution in [-0.2, 0) is 14.4 Å². The fourth-order valence-electron chi connectivity index (χ4n) is 2.25. The average molecular weight is 251 g/mol. The van der Waals surface area contributed by atoms with Crippen molar-refractivity contribution in [2.75, 3.05) is 6.54 Å². The topological polar surface area (TPSA) is 92.5 Å². The summed E-state index contributed by atoms with van der Waals surface area (Å²) in [6, 6.07) is -0.128. The Balaban J connectivity index is 2.20. The second-order valence-electron chi connectivity index (χ2n) is 5.25. The number of imide groups is 1. The summed E-state index contributed by atoms with van der Waals surface area (Å²) >= 11 is 0. The van der Waals surface area contributed by atoms with Crippen molar-refractivity contribution in [2.24, 2.45) is 11.7 Å². The van der Waals surface area contributed by atoms with Gasteiger partial charge >= 0.3 is 0 Å². The van der Waals surface area contributed by atoms with Crippen molar-refractivity contribution in [1.29, 1.82) is 0 Å². The molecule has 1 heterocycles. The fourth-order valence-corrected chi connectivity index (χ4v) is 2.25. The Kier molecular flexibility index (Phi) is 2.98. The molecule has 98 valence electrons. The van der Waals surface area contributed by atoms with Gasteiger partial charge in [0.2, 0.25) is 11.8 Å². The van der Waals surface area contributed by atoms with Crippen molar-refractivity contribution in [1.82, 2.24) is 10.2 Å². The number of nitrogens with one attached hydrogen (secondary N) is 1. The molecule has 6 nitrogen and oxygen atoms in total. The maximum absolute atomic E-state index is 12.3. The van der Waals surface area contributed by atoms with E-state index < -0.39 is 17.4 Å². The van der Waals surface area contributed by atoms with Gasteiger partial charge in [-0.1, -0.05) is 12.2 Å². The van der Waals surface area contributed by atoms with Gasteiger partial charge in [-0.05, 0) is 20.3 Å². The van der Waals surface area contributed by atoms with Gasteiger partial charge in [-0.25, -0.2) is 0 Å². The smallest absolute Gasteiger partial charge is 0.252 e. The van der Waals surface area contributed by atoms with Crippen LogP contribution in [0.25, 0.3) is 0 Å². The molecule has 2 unspecified atom stereocenters. The third kappa shape index (κ3) is 2.03. The van der Waals surface area contributed by atoms with Crippen LogP contribution >= 0.6 is 0 Å². The number of nitrogens with zero attached hydrogens (tertiary/aromatic N) is 1. The first-order chi connectivity index (χ1) is 8.32. The molecule has 0 aromatic heterocycles. The van der Waals surface area contributed by atoms with Gasteiger partial charge < -0.3 is 10.6 Å². The monoisotopic (exact) mass is 251 g/mol. The molecule has 2 atom stereocenters. The van der Waals surface area contributed by atoms with E-state index in [4.69, 9.17) is 5.73 Å². The van der Waals surface area contributed by atoms with E-state index in [0.717, 1.165) is 0 Å². The molecular weight excluding hydrogens is 234 g/mol. The summed E-state index contributed by atoms with van der Waals surface area (Å²) in [7, 11) is 0. The van der Waals surface area contributed by atoms with Crippen LogP contribution in [0, 0.1) is 5.92 Å². The lowest BCUT2D eigenvalue weighted by Gasteiger charge is -2.41. The highest BCUT2D eigenvalue weighted by Crippen LogP contribution is 2.25. The molecule has 0 saturated carbocycles. The van der Waals surface area contributed by atoms with Gasteiger partial charge in [-0.3, -0.25) is 19.7 Å². The lowest BCUT2D eigenvalue weighted by atomic mass is 9.95. The molecule has 2 aliphatic rings. The standard InChI is InChI=1S/C12H17N3O3/c1-12(2)11(18)14-9(16)6-15(12)10(17)7-3-4-8(13)5-7/h3-4,7-8H,5-6,13H2,1-2H3,(H,14,16,18). The van der Waals surface area contributed by atoms with E-state index in [2.05, 4.69) is 5.32 Å². The highest BCUT2D eigenvalue weighted by Gasteiger charge is 2.45. The number of hydrogen-bond donors (Lipinski definition) is 2. The first kappa shape index (κ1) is 12.8. The molecule has 1 saturated heterocycles. The minimum atomic E-state index is -1.01. The molecular formula is C12H17N3O3. The van der Waals surface area contributed by atoms with E-state index in [-0.39, 0.29) is 24.4 Å². The normalized spacial score (nSPS) is 30.5. The molecule has 1 aliphatic carbocycles. The van der Waals surface area contributed by atoms with Gasteiger partial charge in [0.15, 0.2) is 0 Å². The van der Waals surface area contributed by atoms with Gasteiger partial charge in [0, 0.05) is 6.04 Å². The molecule has 18 heavy (non-hydrogen) atoms. The van der Waals surface area contributed by atoms with Crippen molar-refractivity contribution >= 4 is 17.7 Å². The van der Waals surface area contributed by atoms with Crippen LogP contribution in [0.5, 0.6) is 0 Å². The summed E-state index contributed by atoms with van der Waals surface area (Å²) in [6.07, 6.45) is 4.06. The van der Waals surface area contributed by atoms with Crippen LogP contribution < -0.4 is 11.1 Å². The zero-order valence-corrected chi connectivity index (χ0v) is 10.5. The number of carbonyl (C=O) groups is 3. The Labute approximate surface area is 105 Å². The molecule has 0 spiro atoms. The van der Waals surface area contributed by atoms with Crippen molar-refractivity contribution in [3.63, 3.8) is 0 Å². The minimum Gasteiger partial charge on any atom is -0.324 e. The molecule has 1 aliphatic heterocycles. The zero-order valence-electron chi connectivity index (χ0n) is 10.5. The summed E-state index contributed by atoms with van der Waals surface area (Å²) in [4.78, 5) is 36.8. The molecule has 0 aromatic rings. The van der Waals surface area contributed by atoms with Gasteiger partial charge in [0.25, 0.3) is 5.91 Å². The first-order valence-electron chi connectivity index (χ1n) is 5.92. The fraction of sp³-hybridized carbons (Fsp3) is 0.583. The van der Waals surface area contributed by atoms with Gasteiger partial charge in [-0.15, -0.1) is 0 Å². The lowest BCUT2D eigenvalue weighted by molar-refractivity contribution is -0.156. The van der Waals surface area contributed by atoms with Crippen molar-refractivity contribution in [3.05, 3.63) is 12.2 Å². The quantitative estimate of drug-likeness (QED) is 0.469. The van der Waals surface area contributed by atoms with Gasteiger partial charge in [0.05, 0.1) is 5.92 Å². The van der Waals surface area contributed by atoms with E-state index >= 15 is 0 Å². The number of piperazine rings is 1. The van der Waals surface area contributed by atoms with Crippen molar-refractivity contribution in [3.8, 4) is 0 Å². The van der Waals surface area contributed by atoms with E-state index in [1.807, 2.05) is 0 Å². The average Bonchev–Trinajstić information content (AvgIpc) is 2.70. The maximum Gasteiger partial charge on any atom is 0.252 e. The van der Waals surface area contributed by atoms with E-state index in [1.54, 1.807) is 26.0 Å². The van der Waals surface area contributed by atoms with Crippen LogP contribution in [0.1, 0.15) is 20.3 Å². The summed E-state index contributed by atoms with van der Waals surface area (Å²) in [5.74, 6) is -1.44. The molecule has 0 bridgehead atoms. The largest absolute Gasteiger partial charge is 0.324 e. The second kappa shape index (κ2) is 4.20. The van der Waals surface area contributed by atoms with E-state index in [1.165, 1.54) is 4.90 Å². The summed E-state index contributed by atoms with van der Waals surface area (Å²) < 4.78 is 0. The Hall–Kier alpha value is -1.69. The van der Waals surface area contributed by atoms with Crippen LogP contribution in [0.4, 0.5) is 0 Å². The molecule has 0 radical (unpaired) electrons. The lowest BCUT2D eigenvalue weighted by Crippen LogP contribution is -2.66. The number of rotatable bonds is 1. The third-order valence-electron chi connectivity index (χ3n) is 3.49. The van der Waals surface area contributed by atoms with Gasteiger partial charge in [-0.2, -0.15) is 0 Å². The summed E-state index contributed by atoms with van der Waals surface area (Å²) in [5.41, 5.74) is 4.70. The zero-order chi connectivity index (χ0) is 13.5. The first-order valence-corrected chi connectivity index (χ1v) is 5.92.